The number of carbonyl (C=O) groups excluding carboxylic acids is 4. The number of anilines is 1. The number of cyclic esters (lactones) is 1. The Morgan fingerprint density at radius 2 is 1.89 bits per heavy atom. The molecule has 185 valence electrons. The van der Waals surface area contributed by atoms with E-state index in [1.807, 2.05) is 18.2 Å². The number of esters is 1. The van der Waals surface area contributed by atoms with Gasteiger partial charge in [-0.05, 0) is 24.0 Å². The Balaban J connectivity index is 0.00000342. The standard InChI is InChI=1S/C22H25N4O8.Ac/c23-9-12(7-16(27)28)19(30)24-13-5-4-10-2-1-3-11-6-15(26(18(10)11)21(13)32)20(31)25-14-8-17(29)34-22(14)33;/h1-3,12-15,22-23,33H,4-9H2,(H,24,30)(H,25,31)(H,27,28);/q-1;/t12-,13+,14+,15+,22?;/m1./s1. The molecule has 35 heavy (non-hydrogen) atoms. The van der Waals surface area contributed by atoms with Crippen LogP contribution in [0.2, 0.25) is 0 Å². The van der Waals surface area contributed by atoms with Gasteiger partial charge < -0.3 is 31.3 Å². The Bertz CT molecular complexity index is 1050. The number of rotatable bonds is 7. The molecule has 3 aliphatic rings. The minimum absolute atomic E-state index is 0. The number of hydrogen-bond acceptors (Lipinski definition) is 7. The number of benzene rings is 1. The van der Waals surface area contributed by atoms with Gasteiger partial charge >= 0.3 is 11.9 Å². The van der Waals surface area contributed by atoms with Gasteiger partial charge in [0.15, 0.2) is 0 Å². The molecule has 3 amide bonds. The van der Waals surface area contributed by atoms with Crippen LogP contribution in [0.3, 0.4) is 0 Å². The number of carboxylic acids is 1. The first-order valence-corrected chi connectivity index (χ1v) is 11.0. The number of aryl methyl sites for hydroxylation is 1. The molecule has 3 aliphatic heterocycles. The zero-order chi connectivity index (χ0) is 24.6. The average molecular weight is 700 g/mol. The van der Waals surface area contributed by atoms with E-state index in [1.165, 1.54) is 4.90 Å². The van der Waals surface area contributed by atoms with Gasteiger partial charge in [0.1, 0.15) is 18.1 Å². The van der Waals surface area contributed by atoms with Gasteiger partial charge in [-0.25, -0.2) is 0 Å². The van der Waals surface area contributed by atoms with Gasteiger partial charge in [0.2, 0.25) is 24.0 Å². The van der Waals surface area contributed by atoms with Crippen LogP contribution in [0, 0.1) is 50.0 Å². The summed E-state index contributed by atoms with van der Waals surface area (Å²) in [5, 5.41) is 24.0. The van der Waals surface area contributed by atoms with E-state index in [0.717, 1.165) is 11.1 Å². The first kappa shape index (κ1) is 27.5. The molecule has 1 aromatic rings. The summed E-state index contributed by atoms with van der Waals surface area (Å²) in [4.78, 5) is 63.1. The summed E-state index contributed by atoms with van der Waals surface area (Å²) in [5.74, 6) is -4.76. The molecule has 0 saturated carbocycles. The van der Waals surface area contributed by atoms with Gasteiger partial charge in [-0.1, -0.05) is 18.2 Å². The summed E-state index contributed by atoms with van der Waals surface area (Å²) in [6.07, 6.45) is -1.29. The average Bonchev–Trinajstić information content (AvgIpc) is 3.29. The fraction of sp³-hybridized carbons (Fsp3) is 0.500. The molecule has 3 heterocycles. The topological polar surface area (TPSA) is 186 Å². The van der Waals surface area contributed by atoms with E-state index >= 15 is 0 Å². The SMILES string of the molecule is [Ac].[NH-]C[C@@H](CC(=O)O)C(=O)N[C@H]1CCc2cccc3c2N(C1=O)[C@H](C(=O)N[C@H]1CC(=O)OC1O)C3. The third-order valence-electron chi connectivity index (χ3n) is 6.37. The number of ether oxygens (including phenoxy) is 1. The number of para-hydroxylation sites is 1. The third-order valence-corrected chi connectivity index (χ3v) is 6.37. The molecule has 0 spiro atoms. The second-order valence-electron chi connectivity index (χ2n) is 8.65. The molecule has 12 nitrogen and oxygen atoms in total. The van der Waals surface area contributed by atoms with E-state index in [-0.39, 0.29) is 63.3 Å². The van der Waals surface area contributed by atoms with Crippen molar-refractivity contribution >= 4 is 35.3 Å². The van der Waals surface area contributed by atoms with Gasteiger partial charge in [0.05, 0.1) is 18.5 Å². The molecule has 0 aliphatic carbocycles. The van der Waals surface area contributed by atoms with Crippen LogP contribution in [-0.4, -0.2) is 70.8 Å². The largest absolute Gasteiger partial charge is 0.677 e. The van der Waals surface area contributed by atoms with Gasteiger partial charge in [-0.2, -0.15) is 0 Å². The quantitative estimate of drug-likeness (QED) is 0.268. The van der Waals surface area contributed by atoms with Crippen LogP contribution in [0.4, 0.5) is 5.69 Å². The predicted molar refractivity (Wildman–Crippen MR) is 115 cm³/mol. The van der Waals surface area contributed by atoms with Crippen LogP contribution in [0.1, 0.15) is 30.4 Å². The van der Waals surface area contributed by atoms with E-state index in [1.54, 1.807) is 0 Å². The number of hydrogen-bond donors (Lipinski definition) is 4. The number of aliphatic carboxylic acids is 1. The molecule has 5 N–H and O–H groups in total. The van der Waals surface area contributed by atoms with Crippen molar-refractivity contribution in [2.45, 2.75) is 56.5 Å². The van der Waals surface area contributed by atoms with Crippen molar-refractivity contribution in [3.05, 3.63) is 35.1 Å². The number of nitrogens with one attached hydrogen (secondary N) is 3. The van der Waals surface area contributed by atoms with Crippen molar-refractivity contribution in [3.63, 3.8) is 0 Å². The van der Waals surface area contributed by atoms with E-state index in [4.69, 9.17) is 10.8 Å². The minimum atomic E-state index is -1.47. The Morgan fingerprint density at radius 3 is 2.51 bits per heavy atom. The number of nitrogens with zero attached hydrogens (tertiary/aromatic N) is 1. The first-order valence-electron chi connectivity index (χ1n) is 11.0. The number of carboxylic acid groups (broad SMARTS) is 1. The Kier molecular flexibility index (Phi) is 8.91. The Morgan fingerprint density at radius 1 is 1.17 bits per heavy atom. The summed E-state index contributed by atoms with van der Waals surface area (Å²) < 4.78 is 4.66. The van der Waals surface area contributed by atoms with Crippen molar-refractivity contribution < 1.29 is 83.0 Å². The number of aliphatic hydroxyl groups excluding tert-OH is 1. The minimum Gasteiger partial charge on any atom is -0.677 e. The smallest absolute Gasteiger partial charge is 0.310 e. The normalized spacial score (nSPS) is 25.6. The van der Waals surface area contributed by atoms with Gasteiger partial charge in [-0.15, -0.1) is 6.54 Å². The van der Waals surface area contributed by atoms with E-state index in [2.05, 4.69) is 15.4 Å². The van der Waals surface area contributed by atoms with Crippen molar-refractivity contribution in [2.75, 3.05) is 11.4 Å². The van der Waals surface area contributed by atoms with Crippen LogP contribution in [0.15, 0.2) is 18.2 Å². The van der Waals surface area contributed by atoms with E-state index in [0.29, 0.717) is 12.1 Å². The Labute approximate surface area is 236 Å². The molecular formula is C22H25AcN4O8-. The zero-order valence-corrected chi connectivity index (χ0v) is 23.5. The third kappa shape index (κ3) is 5.69. The second-order valence-corrected chi connectivity index (χ2v) is 8.65. The monoisotopic (exact) mass is 700 g/mol. The van der Waals surface area contributed by atoms with Crippen LogP contribution >= 0.6 is 0 Å². The first-order chi connectivity index (χ1) is 16.2. The predicted octanol–water partition coefficient (Wildman–Crippen LogP) is -0.731. The van der Waals surface area contributed by atoms with Crippen molar-refractivity contribution in [1.29, 1.82) is 0 Å². The summed E-state index contributed by atoms with van der Waals surface area (Å²) in [6, 6.07) is 2.57. The molecule has 1 aromatic carbocycles. The second kappa shape index (κ2) is 11.3. The summed E-state index contributed by atoms with van der Waals surface area (Å²) in [6.45, 7) is -0.442. The van der Waals surface area contributed by atoms with Gasteiger partial charge in [-0.3, -0.25) is 28.9 Å². The summed E-state index contributed by atoms with van der Waals surface area (Å²) >= 11 is 0. The van der Waals surface area contributed by atoms with Crippen molar-refractivity contribution in [3.8, 4) is 0 Å². The van der Waals surface area contributed by atoms with E-state index < -0.39 is 73.0 Å². The number of carbonyl (C=O) groups is 5. The van der Waals surface area contributed by atoms with Gasteiger partial charge in [0, 0.05) is 56.4 Å². The fourth-order valence-electron chi connectivity index (χ4n) is 4.68. The summed E-state index contributed by atoms with van der Waals surface area (Å²) in [5.41, 5.74) is 9.70. The van der Waals surface area contributed by atoms with Crippen LogP contribution < -0.4 is 15.5 Å². The molecule has 1 saturated heterocycles. The molecule has 0 aromatic heterocycles. The molecule has 1 radical (unpaired) electrons. The van der Waals surface area contributed by atoms with Gasteiger partial charge in [0.25, 0.3) is 0 Å². The van der Waals surface area contributed by atoms with Crippen LogP contribution in [-0.2, 0) is 41.6 Å². The Hall–Kier alpha value is -2.07. The fourth-order valence-corrected chi connectivity index (χ4v) is 4.68. The van der Waals surface area contributed by atoms with Crippen molar-refractivity contribution in [2.24, 2.45) is 5.92 Å². The molecule has 4 rings (SSSR count). The summed E-state index contributed by atoms with van der Waals surface area (Å²) in [7, 11) is 0. The van der Waals surface area contributed by atoms with E-state index in [9.17, 15) is 29.1 Å². The van der Waals surface area contributed by atoms with Crippen LogP contribution in [0.25, 0.3) is 5.73 Å². The molecule has 1 unspecified atom stereocenters. The maximum atomic E-state index is 13.5. The number of aliphatic hydroxyl groups is 1. The molecular weight excluding hydrogens is 675 g/mol. The maximum absolute atomic E-state index is 13.5. The number of amides is 3. The molecule has 13 heteroatoms. The molecule has 0 bridgehead atoms. The zero-order valence-electron chi connectivity index (χ0n) is 18.7. The molecule has 1 fully saturated rings. The van der Waals surface area contributed by atoms with Crippen molar-refractivity contribution in [1.82, 2.24) is 10.6 Å². The van der Waals surface area contributed by atoms with Crippen LogP contribution in [0.5, 0.6) is 0 Å². The molecule has 5 atom stereocenters. The maximum Gasteiger partial charge on any atom is 0.310 e.